The van der Waals surface area contributed by atoms with Gasteiger partial charge in [-0.3, -0.25) is 9.59 Å². The van der Waals surface area contributed by atoms with Gasteiger partial charge in [0.15, 0.2) is 0 Å². The number of carboxylic acids is 2. The summed E-state index contributed by atoms with van der Waals surface area (Å²) in [5.41, 5.74) is 3.05. The summed E-state index contributed by atoms with van der Waals surface area (Å²) in [6.07, 6.45) is 3.88. The Hall–Kier alpha value is -1.58. The predicted molar refractivity (Wildman–Crippen MR) is 72.9 cm³/mol. The van der Waals surface area contributed by atoms with Gasteiger partial charge in [-0.2, -0.15) is 0 Å². The average molecular weight is 266 g/mol. The van der Waals surface area contributed by atoms with Crippen LogP contribution in [0.25, 0.3) is 0 Å². The number of aliphatic carboxylic acids is 2. The quantitative estimate of drug-likeness (QED) is 0.801. The van der Waals surface area contributed by atoms with Crippen molar-refractivity contribution < 1.29 is 19.8 Å². The smallest absolute Gasteiger partial charge is 0.310 e. The second-order valence-corrected chi connectivity index (χ2v) is 5.39. The molecular formula is C15H22O4. The number of carboxylic acid groups (broad SMARTS) is 2. The molecule has 0 radical (unpaired) electrons. The lowest BCUT2D eigenvalue weighted by atomic mass is 9.89. The van der Waals surface area contributed by atoms with Crippen LogP contribution in [0.1, 0.15) is 46.5 Å². The van der Waals surface area contributed by atoms with Crippen molar-refractivity contribution in [1.29, 1.82) is 0 Å². The topological polar surface area (TPSA) is 74.6 Å². The van der Waals surface area contributed by atoms with Crippen LogP contribution in [0.15, 0.2) is 22.8 Å². The van der Waals surface area contributed by atoms with Crippen molar-refractivity contribution in [2.75, 3.05) is 0 Å². The molecule has 0 spiro atoms. The zero-order valence-corrected chi connectivity index (χ0v) is 11.8. The lowest BCUT2D eigenvalue weighted by Gasteiger charge is -2.15. The molecule has 0 unspecified atom stereocenters. The van der Waals surface area contributed by atoms with Gasteiger partial charge >= 0.3 is 11.9 Å². The molecule has 0 amide bonds. The Morgan fingerprint density at radius 3 is 2.53 bits per heavy atom. The molecule has 0 aromatic carbocycles. The van der Waals surface area contributed by atoms with Crippen LogP contribution in [0.5, 0.6) is 0 Å². The average Bonchev–Trinajstić information content (AvgIpc) is 2.43. The van der Waals surface area contributed by atoms with Crippen LogP contribution in [0, 0.1) is 11.8 Å². The molecule has 1 aliphatic carbocycles. The standard InChI is InChI=1S/C15H22O4/c1-9-4-5-10(2)13(8-11(9)3)12(15(18)19)6-7-14(16)17/h8-9,12H,4-7H2,1-3H3,(H,16,17)(H,18,19)/t9-,12+/m1/s1. The first-order chi connectivity index (χ1) is 8.82. The van der Waals surface area contributed by atoms with Gasteiger partial charge in [0.05, 0.1) is 5.92 Å². The number of rotatable bonds is 5. The van der Waals surface area contributed by atoms with Gasteiger partial charge < -0.3 is 10.2 Å². The highest BCUT2D eigenvalue weighted by molar-refractivity contribution is 5.76. The summed E-state index contributed by atoms with van der Waals surface area (Å²) >= 11 is 0. The van der Waals surface area contributed by atoms with Gasteiger partial charge in [0.25, 0.3) is 0 Å². The molecule has 2 N–H and O–H groups in total. The van der Waals surface area contributed by atoms with Crippen molar-refractivity contribution in [3.05, 3.63) is 22.8 Å². The second kappa shape index (κ2) is 6.55. The summed E-state index contributed by atoms with van der Waals surface area (Å²) in [5.74, 6) is -2.15. The van der Waals surface area contributed by atoms with Crippen molar-refractivity contribution in [3.63, 3.8) is 0 Å². The first-order valence-electron chi connectivity index (χ1n) is 6.65. The molecule has 19 heavy (non-hydrogen) atoms. The number of hydrogen-bond acceptors (Lipinski definition) is 2. The largest absolute Gasteiger partial charge is 0.481 e. The molecule has 106 valence electrons. The molecule has 4 nitrogen and oxygen atoms in total. The van der Waals surface area contributed by atoms with E-state index in [1.807, 2.05) is 19.9 Å². The van der Waals surface area contributed by atoms with Crippen LogP contribution >= 0.6 is 0 Å². The highest BCUT2D eigenvalue weighted by atomic mass is 16.4. The van der Waals surface area contributed by atoms with E-state index in [1.54, 1.807) is 0 Å². The fourth-order valence-electron chi connectivity index (χ4n) is 2.39. The SMILES string of the molecule is CC1=CC([C@H](CCC(=O)O)C(=O)O)=C(C)CC[C@H]1C. The van der Waals surface area contributed by atoms with E-state index in [-0.39, 0.29) is 12.8 Å². The zero-order chi connectivity index (χ0) is 14.6. The first kappa shape index (κ1) is 15.5. The monoisotopic (exact) mass is 266 g/mol. The fourth-order valence-corrected chi connectivity index (χ4v) is 2.39. The number of allylic oxidation sites excluding steroid dienone is 3. The highest BCUT2D eigenvalue weighted by Crippen LogP contribution is 2.32. The Labute approximate surface area is 113 Å². The summed E-state index contributed by atoms with van der Waals surface area (Å²) in [6.45, 7) is 6.10. The van der Waals surface area contributed by atoms with E-state index in [4.69, 9.17) is 5.11 Å². The third kappa shape index (κ3) is 4.23. The van der Waals surface area contributed by atoms with Crippen molar-refractivity contribution in [3.8, 4) is 0 Å². The summed E-state index contributed by atoms with van der Waals surface area (Å²) in [6, 6.07) is 0. The molecule has 0 heterocycles. The van der Waals surface area contributed by atoms with Crippen LogP contribution < -0.4 is 0 Å². The minimum atomic E-state index is -0.952. The normalized spacial score (nSPS) is 21.6. The van der Waals surface area contributed by atoms with Gasteiger partial charge in [0, 0.05) is 6.42 Å². The second-order valence-electron chi connectivity index (χ2n) is 5.39. The van der Waals surface area contributed by atoms with E-state index < -0.39 is 17.9 Å². The minimum Gasteiger partial charge on any atom is -0.481 e. The van der Waals surface area contributed by atoms with Gasteiger partial charge in [-0.1, -0.05) is 24.1 Å². The van der Waals surface area contributed by atoms with Gasteiger partial charge in [0.1, 0.15) is 0 Å². The van der Waals surface area contributed by atoms with E-state index >= 15 is 0 Å². The van der Waals surface area contributed by atoms with Gasteiger partial charge in [-0.05, 0) is 44.6 Å². The number of hydrogen-bond donors (Lipinski definition) is 2. The third-order valence-electron chi connectivity index (χ3n) is 3.93. The van der Waals surface area contributed by atoms with Crippen LogP contribution in [0.4, 0.5) is 0 Å². The summed E-state index contributed by atoms with van der Waals surface area (Å²) in [4.78, 5) is 22.1. The van der Waals surface area contributed by atoms with Crippen LogP contribution in [-0.2, 0) is 9.59 Å². The summed E-state index contributed by atoms with van der Waals surface area (Å²) in [7, 11) is 0. The molecule has 1 rings (SSSR count). The Morgan fingerprint density at radius 1 is 1.37 bits per heavy atom. The van der Waals surface area contributed by atoms with E-state index in [0.717, 1.165) is 24.0 Å². The molecule has 2 atom stereocenters. The molecule has 0 fully saturated rings. The Balaban J connectivity index is 3.04. The molecule has 0 saturated heterocycles. The predicted octanol–water partition coefficient (Wildman–Crippen LogP) is 3.24. The Kier molecular flexibility index (Phi) is 5.33. The van der Waals surface area contributed by atoms with E-state index in [2.05, 4.69) is 6.92 Å². The molecule has 0 saturated carbocycles. The Bertz CT molecular complexity index is 431. The van der Waals surface area contributed by atoms with Crippen LogP contribution in [0.3, 0.4) is 0 Å². The van der Waals surface area contributed by atoms with Crippen LogP contribution in [0.2, 0.25) is 0 Å². The maximum Gasteiger partial charge on any atom is 0.310 e. The molecule has 0 bridgehead atoms. The van der Waals surface area contributed by atoms with Crippen molar-refractivity contribution in [2.24, 2.45) is 11.8 Å². The third-order valence-corrected chi connectivity index (χ3v) is 3.93. The van der Waals surface area contributed by atoms with Crippen molar-refractivity contribution >= 4 is 11.9 Å². The molecule has 0 aromatic rings. The van der Waals surface area contributed by atoms with Gasteiger partial charge in [-0.15, -0.1) is 0 Å². The van der Waals surface area contributed by atoms with Crippen molar-refractivity contribution in [1.82, 2.24) is 0 Å². The summed E-state index contributed by atoms with van der Waals surface area (Å²) < 4.78 is 0. The Morgan fingerprint density at radius 2 is 2.00 bits per heavy atom. The van der Waals surface area contributed by atoms with Crippen molar-refractivity contribution in [2.45, 2.75) is 46.5 Å². The lowest BCUT2D eigenvalue weighted by molar-refractivity contribution is -0.141. The maximum absolute atomic E-state index is 11.4. The molecule has 0 aromatic heterocycles. The van der Waals surface area contributed by atoms with E-state index in [1.165, 1.54) is 5.57 Å². The number of carbonyl (C=O) groups is 2. The summed E-state index contributed by atoms with van der Waals surface area (Å²) in [5, 5.41) is 18.1. The van der Waals surface area contributed by atoms with Gasteiger partial charge in [-0.25, -0.2) is 0 Å². The van der Waals surface area contributed by atoms with Gasteiger partial charge in [0.2, 0.25) is 0 Å². The highest BCUT2D eigenvalue weighted by Gasteiger charge is 2.25. The molecular weight excluding hydrogens is 244 g/mol. The fraction of sp³-hybridized carbons (Fsp3) is 0.600. The molecule has 4 heteroatoms. The minimum absolute atomic E-state index is 0.115. The molecule has 0 aliphatic heterocycles. The van der Waals surface area contributed by atoms with Crippen LogP contribution in [-0.4, -0.2) is 22.2 Å². The lowest BCUT2D eigenvalue weighted by Crippen LogP contribution is -2.18. The maximum atomic E-state index is 11.4. The zero-order valence-electron chi connectivity index (χ0n) is 11.8. The van der Waals surface area contributed by atoms with E-state index in [9.17, 15) is 14.7 Å². The molecule has 1 aliphatic rings. The first-order valence-corrected chi connectivity index (χ1v) is 6.65. The van der Waals surface area contributed by atoms with E-state index in [0.29, 0.717) is 5.92 Å².